The van der Waals surface area contributed by atoms with Crippen LogP contribution in [0.15, 0.2) is 12.3 Å². The van der Waals surface area contributed by atoms with Crippen LogP contribution in [0.4, 0.5) is 10.2 Å². The Morgan fingerprint density at radius 1 is 1.60 bits per heavy atom. The van der Waals surface area contributed by atoms with E-state index in [0.717, 1.165) is 12.8 Å². The van der Waals surface area contributed by atoms with Crippen molar-refractivity contribution in [2.45, 2.75) is 38.8 Å². The van der Waals surface area contributed by atoms with Crippen molar-refractivity contribution in [2.24, 2.45) is 0 Å². The zero-order chi connectivity index (χ0) is 14.5. The van der Waals surface area contributed by atoms with Crippen LogP contribution < -0.4 is 10.6 Å². The first-order valence-corrected chi connectivity index (χ1v) is 6.94. The van der Waals surface area contributed by atoms with Crippen LogP contribution in [0.2, 0.25) is 0 Å². The zero-order valence-electron chi connectivity index (χ0n) is 11.8. The van der Waals surface area contributed by atoms with E-state index in [1.807, 2.05) is 13.8 Å². The number of hydrogen-bond acceptors (Lipinski definition) is 4. The molecule has 1 saturated heterocycles. The minimum absolute atomic E-state index is 0.0118. The molecule has 1 aromatic rings. The smallest absolute Gasteiger partial charge is 0.254 e. The molecule has 1 amide bonds. The Kier molecular flexibility index (Phi) is 4.89. The van der Waals surface area contributed by atoms with Gasteiger partial charge in [0, 0.05) is 19.3 Å². The summed E-state index contributed by atoms with van der Waals surface area (Å²) in [6, 6.07) is 1.32. The number of amides is 1. The number of ether oxygens (including phenoxy) is 1. The Morgan fingerprint density at radius 3 is 3.05 bits per heavy atom. The summed E-state index contributed by atoms with van der Waals surface area (Å²) in [6.45, 7) is 5.11. The number of pyridine rings is 1. The lowest BCUT2D eigenvalue weighted by Gasteiger charge is -2.16. The minimum atomic E-state index is -0.606. The number of nitrogens with one attached hydrogen (secondary N) is 2. The Morgan fingerprint density at radius 2 is 2.40 bits per heavy atom. The highest BCUT2D eigenvalue weighted by molar-refractivity contribution is 5.95. The fraction of sp³-hybridized carbons (Fsp3) is 0.571. The van der Waals surface area contributed by atoms with E-state index in [1.165, 1.54) is 12.3 Å². The molecule has 2 atom stereocenters. The highest BCUT2D eigenvalue weighted by Gasteiger charge is 2.27. The Hall–Kier alpha value is -1.69. The lowest BCUT2D eigenvalue weighted by molar-refractivity contribution is 0.0862. The minimum Gasteiger partial charge on any atom is -0.376 e. The van der Waals surface area contributed by atoms with E-state index < -0.39 is 11.7 Å². The second kappa shape index (κ2) is 6.65. The molecular weight excluding hydrogens is 261 g/mol. The van der Waals surface area contributed by atoms with Gasteiger partial charge in [-0.15, -0.1) is 0 Å². The predicted octanol–water partition coefficient (Wildman–Crippen LogP) is 1.95. The molecule has 2 heterocycles. The monoisotopic (exact) mass is 281 g/mol. The molecule has 0 bridgehead atoms. The summed E-state index contributed by atoms with van der Waals surface area (Å²) in [7, 11) is 0. The van der Waals surface area contributed by atoms with Gasteiger partial charge in [0.2, 0.25) is 0 Å². The zero-order valence-corrected chi connectivity index (χ0v) is 11.8. The summed E-state index contributed by atoms with van der Waals surface area (Å²) in [6.07, 6.45) is 3.00. The molecule has 1 aliphatic heterocycles. The molecule has 0 aliphatic carbocycles. The quantitative estimate of drug-likeness (QED) is 0.866. The van der Waals surface area contributed by atoms with Crippen molar-refractivity contribution in [3.8, 4) is 0 Å². The highest BCUT2D eigenvalue weighted by atomic mass is 19.1. The third-order valence-corrected chi connectivity index (χ3v) is 3.37. The summed E-state index contributed by atoms with van der Waals surface area (Å²) in [4.78, 5) is 16.0. The number of rotatable bonds is 5. The van der Waals surface area contributed by atoms with Crippen LogP contribution in [0, 0.1) is 5.82 Å². The number of halogens is 1. The second-order valence-corrected chi connectivity index (χ2v) is 4.89. The second-order valence-electron chi connectivity index (χ2n) is 4.89. The molecule has 5 nitrogen and oxygen atoms in total. The molecule has 110 valence electrons. The SMILES string of the molecule is CCCNc1nccc(C(=O)NC2CCOC2C)c1F. The fourth-order valence-corrected chi connectivity index (χ4v) is 2.15. The third-order valence-electron chi connectivity index (χ3n) is 3.37. The van der Waals surface area contributed by atoms with Crippen molar-refractivity contribution in [1.82, 2.24) is 10.3 Å². The molecule has 0 radical (unpaired) electrons. The number of carbonyl (C=O) groups is 1. The molecule has 6 heteroatoms. The van der Waals surface area contributed by atoms with Gasteiger partial charge in [0.25, 0.3) is 5.91 Å². The molecule has 2 rings (SSSR count). The molecule has 0 aromatic carbocycles. The topological polar surface area (TPSA) is 63.2 Å². The molecular formula is C14H20FN3O2. The molecule has 2 N–H and O–H groups in total. The van der Waals surface area contributed by atoms with E-state index in [2.05, 4.69) is 15.6 Å². The van der Waals surface area contributed by atoms with Gasteiger partial charge in [-0.05, 0) is 25.8 Å². The highest BCUT2D eigenvalue weighted by Crippen LogP contribution is 2.17. The predicted molar refractivity (Wildman–Crippen MR) is 74.3 cm³/mol. The van der Waals surface area contributed by atoms with Crippen LogP contribution in [0.5, 0.6) is 0 Å². The number of aromatic nitrogens is 1. The van der Waals surface area contributed by atoms with Crippen LogP contribution in [0.3, 0.4) is 0 Å². The average Bonchev–Trinajstić information content (AvgIpc) is 2.83. The van der Waals surface area contributed by atoms with Crippen molar-refractivity contribution in [1.29, 1.82) is 0 Å². The van der Waals surface area contributed by atoms with E-state index in [0.29, 0.717) is 13.2 Å². The summed E-state index contributed by atoms with van der Waals surface area (Å²) in [5.41, 5.74) is 0.0118. The van der Waals surface area contributed by atoms with E-state index in [-0.39, 0.29) is 23.5 Å². The van der Waals surface area contributed by atoms with Gasteiger partial charge in [0.1, 0.15) is 0 Å². The lowest BCUT2D eigenvalue weighted by atomic mass is 10.1. The summed E-state index contributed by atoms with van der Waals surface area (Å²) in [5, 5.41) is 5.68. The first-order chi connectivity index (χ1) is 9.63. The molecule has 0 saturated carbocycles. The van der Waals surface area contributed by atoms with E-state index >= 15 is 0 Å². The summed E-state index contributed by atoms with van der Waals surface area (Å²) in [5.74, 6) is -0.910. The first kappa shape index (κ1) is 14.7. The van der Waals surface area contributed by atoms with Crippen LogP contribution >= 0.6 is 0 Å². The van der Waals surface area contributed by atoms with Crippen LogP contribution in [0.25, 0.3) is 0 Å². The van der Waals surface area contributed by atoms with Crippen LogP contribution in [-0.2, 0) is 4.74 Å². The van der Waals surface area contributed by atoms with Crippen LogP contribution in [-0.4, -0.2) is 36.2 Å². The first-order valence-electron chi connectivity index (χ1n) is 6.94. The fourth-order valence-electron chi connectivity index (χ4n) is 2.15. The van der Waals surface area contributed by atoms with Gasteiger partial charge in [-0.1, -0.05) is 6.92 Å². The maximum Gasteiger partial charge on any atom is 0.254 e. The van der Waals surface area contributed by atoms with Gasteiger partial charge in [0.05, 0.1) is 17.7 Å². The van der Waals surface area contributed by atoms with Gasteiger partial charge < -0.3 is 15.4 Å². The molecule has 0 spiro atoms. The van der Waals surface area contributed by atoms with Crippen molar-refractivity contribution >= 4 is 11.7 Å². The summed E-state index contributed by atoms with van der Waals surface area (Å²) >= 11 is 0. The number of carbonyl (C=O) groups excluding carboxylic acids is 1. The Labute approximate surface area is 117 Å². The van der Waals surface area contributed by atoms with Crippen molar-refractivity contribution in [2.75, 3.05) is 18.5 Å². The normalized spacial score (nSPS) is 21.8. The molecule has 1 aromatic heterocycles. The van der Waals surface area contributed by atoms with Gasteiger partial charge >= 0.3 is 0 Å². The standard InChI is InChI=1S/C14H20FN3O2/c1-3-6-16-13-12(15)10(4-7-17-13)14(19)18-11-5-8-20-9(11)2/h4,7,9,11H,3,5-6,8H2,1-2H3,(H,16,17)(H,18,19). The Bertz CT molecular complexity index is 481. The average molecular weight is 281 g/mol. The van der Waals surface area contributed by atoms with Crippen molar-refractivity contribution < 1.29 is 13.9 Å². The van der Waals surface area contributed by atoms with Gasteiger partial charge in [-0.2, -0.15) is 0 Å². The lowest BCUT2D eigenvalue weighted by Crippen LogP contribution is -2.39. The van der Waals surface area contributed by atoms with E-state index in [9.17, 15) is 9.18 Å². The Balaban J connectivity index is 2.09. The van der Waals surface area contributed by atoms with Gasteiger partial charge in [0.15, 0.2) is 11.6 Å². The largest absolute Gasteiger partial charge is 0.376 e. The molecule has 1 aliphatic rings. The molecule has 2 unspecified atom stereocenters. The number of anilines is 1. The van der Waals surface area contributed by atoms with Crippen molar-refractivity contribution in [3.63, 3.8) is 0 Å². The summed E-state index contributed by atoms with van der Waals surface area (Å²) < 4.78 is 19.6. The van der Waals surface area contributed by atoms with Gasteiger partial charge in [-0.25, -0.2) is 9.37 Å². The van der Waals surface area contributed by atoms with Crippen LogP contribution in [0.1, 0.15) is 37.0 Å². The maximum atomic E-state index is 14.2. The van der Waals surface area contributed by atoms with E-state index in [4.69, 9.17) is 4.74 Å². The van der Waals surface area contributed by atoms with E-state index in [1.54, 1.807) is 0 Å². The maximum absolute atomic E-state index is 14.2. The molecule has 1 fully saturated rings. The number of nitrogens with zero attached hydrogens (tertiary/aromatic N) is 1. The number of hydrogen-bond donors (Lipinski definition) is 2. The molecule has 20 heavy (non-hydrogen) atoms. The third kappa shape index (κ3) is 3.25. The van der Waals surface area contributed by atoms with Crippen molar-refractivity contribution in [3.05, 3.63) is 23.6 Å². The van der Waals surface area contributed by atoms with Gasteiger partial charge in [-0.3, -0.25) is 4.79 Å².